The van der Waals surface area contributed by atoms with Gasteiger partial charge in [-0.15, -0.1) is 6.58 Å². The molecule has 1 heterocycles. The number of halogens is 2. The Labute approximate surface area is 269 Å². The van der Waals surface area contributed by atoms with Crippen LogP contribution in [0.3, 0.4) is 0 Å². The van der Waals surface area contributed by atoms with Crippen molar-refractivity contribution < 1.29 is 13.1 Å². The number of allylic oxidation sites excluding steroid dienone is 1. The van der Waals surface area contributed by atoms with Crippen LogP contribution >= 0.6 is 20.2 Å². The molecule has 3 rings (SSSR count). The van der Waals surface area contributed by atoms with Crippen molar-refractivity contribution in [2.75, 3.05) is 0 Å². The molecule has 0 amide bonds. The van der Waals surface area contributed by atoms with E-state index in [0.29, 0.717) is 23.7 Å². The van der Waals surface area contributed by atoms with Gasteiger partial charge in [-0.05, 0) is 83.9 Å². The Morgan fingerprint density at radius 2 is 1.14 bits per heavy atom. The van der Waals surface area contributed by atoms with Gasteiger partial charge in [-0.1, -0.05) is 97.9 Å². The van der Waals surface area contributed by atoms with Crippen LogP contribution in [-0.4, -0.2) is 16.4 Å². The summed E-state index contributed by atoms with van der Waals surface area (Å²) in [4.78, 5) is 15.5. The molecule has 3 nitrogen and oxygen atoms in total. The molecule has 2 aromatic carbocycles. The number of aliphatic imine (C=N–C) groups is 2. The second-order valence-corrected chi connectivity index (χ2v) is 13.6. The van der Waals surface area contributed by atoms with E-state index in [-0.39, 0.29) is 13.1 Å². The molecule has 0 atom stereocenters. The molecule has 0 aliphatic rings. The van der Waals surface area contributed by atoms with E-state index in [1.165, 1.54) is 27.8 Å². The van der Waals surface area contributed by atoms with Gasteiger partial charge in [0.05, 0.1) is 34.2 Å². The average molecular weight is 649 g/mol. The van der Waals surface area contributed by atoms with Crippen molar-refractivity contribution in [3.63, 3.8) is 0 Å². The van der Waals surface area contributed by atoms with Gasteiger partial charge in [0.25, 0.3) is 0 Å². The number of aromatic nitrogens is 1. The van der Waals surface area contributed by atoms with Gasteiger partial charge in [0, 0.05) is 0 Å². The molecular formula is C36H47Cl2FeN3. The van der Waals surface area contributed by atoms with Crippen LogP contribution in [0.25, 0.3) is 0 Å². The summed E-state index contributed by atoms with van der Waals surface area (Å²) in [6.07, 6.45) is 2.82. The molecular weight excluding hydrogens is 601 g/mol. The Morgan fingerprint density at radius 1 is 0.714 bits per heavy atom. The quantitative estimate of drug-likeness (QED) is 0.122. The number of benzene rings is 2. The zero-order valence-corrected chi connectivity index (χ0v) is 29.5. The fraction of sp³-hybridized carbons (Fsp3) is 0.417. The first-order chi connectivity index (χ1) is 19.9. The SMILES string of the molecule is C=CCc1ccc(C(C)C)c(N=C(C)c2cccc(C(C)=Nc3c(C(C)C)cccc3C(C)C)n2)c1C(C)C.[Cl][Fe][Cl]. The van der Waals surface area contributed by atoms with Crippen LogP contribution in [-0.2, 0) is 19.6 Å². The van der Waals surface area contributed by atoms with E-state index < -0.39 is 0 Å². The maximum absolute atomic E-state index is 5.25. The third kappa shape index (κ3) is 9.38. The van der Waals surface area contributed by atoms with E-state index in [0.717, 1.165) is 40.6 Å². The zero-order valence-electron chi connectivity index (χ0n) is 26.9. The second-order valence-electron chi connectivity index (χ2n) is 11.8. The summed E-state index contributed by atoms with van der Waals surface area (Å²) in [7, 11) is 9.53. The summed E-state index contributed by atoms with van der Waals surface area (Å²) in [6.45, 7) is 26.0. The molecule has 0 spiro atoms. The van der Waals surface area contributed by atoms with E-state index in [4.69, 9.17) is 35.2 Å². The monoisotopic (exact) mass is 647 g/mol. The van der Waals surface area contributed by atoms with Gasteiger partial charge in [-0.25, -0.2) is 4.98 Å². The summed E-state index contributed by atoms with van der Waals surface area (Å²) in [5, 5.41) is 0. The zero-order chi connectivity index (χ0) is 31.6. The normalized spacial score (nSPS) is 12.4. The first kappa shape index (κ1) is 36.0. The molecule has 0 bridgehead atoms. The molecule has 0 unspecified atom stereocenters. The predicted octanol–water partition coefficient (Wildman–Crippen LogP) is 12.0. The van der Waals surface area contributed by atoms with Gasteiger partial charge in [0.15, 0.2) is 0 Å². The minimum absolute atomic E-state index is 0.194. The van der Waals surface area contributed by atoms with Crippen molar-refractivity contribution in [2.45, 2.75) is 99.3 Å². The molecule has 228 valence electrons. The van der Waals surface area contributed by atoms with Crippen LogP contribution in [0.15, 0.2) is 71.2 Å². The number of para-hydroxylation sites is 1. The Bertz CT molecular complexity index is 1380. The van der Waals surface area contributed by atoms with E-state index in [2.05, 4.69) is 118 Å². The van der Waals surface area contributed by atoms with Gasteiger partial charge in [-0.3, -0.25) is 9.98 Å². The molecule has 0 saturated carbocycles. The topological polar surface area (TPSA) is 37.6 Å². The average Bonchev–Trinajstić information content (AvgIpc) is 2.93. The standard InChI is InChI=1S/C36H47N3.2ClH.Fe/c1-12-15-28-20-21-31(24(6)7)36(34(28)25(8)9)38-27(11)33-19-14-18-32(39-33)26(10)37-35-29(22(2)3)16-13-17-30(35)23(4)5;;;/h12-14,16-25H,1,15H2,2-11H3;2*1H;/q;;;+2/p-2. The van der Waals surface area contributed by atoms with Crippen molar-refractivity contribution in [2.24, 2.45) is 9.98 Å². The van der Waals surface area contributed by atoms with Crippen LogP contribution < -0.4 is 0 Å². The van der Waals surface area contributed by atoms with E-state index in [1.807, 2.05) is 12.1 Å². The van der Waals surface area contributed by atoms with Crippen molar-refractivity contribution in [3.8, 4) is 0 Å². The third-order valence-corrected chi connectivity index (χ3v) is 7.29. The van der Waals surface area contributed by atoms with Gasteiger partial charge in [0.2, 0.25) is 0 Å². The van der Waals surface area contributed by atoms with Crippen LogP contribution in [0.1, 0.15) is 132 Å². The van der Waals surface area contributed by atoms with Crippen LogP contribution in [0.5, 0.6) is 0 Å². The van der Waals surface area contributed by atoms with Crippen molar-refractivity contribution in [1.82, 2.24) is 4.98 Å². The van der Waals surface area contributed by atoms with E-state index in [1.54, 1.807) is 0 Å². The summed E-state index contributed by atoms with van der Waals surface area (Å²) in [5.41, 5.74) is 12.2. The first-order valence-corrected chi connectivity index (χ1v) is 17.7. The molecule has 0 saturated heterocycles. The molecule has 0 aliphatic carbocycles. The predicted molar refractivity (Wildman–Crippen MR) is 183 cm³/mol. The Morgan fingerprint density at radius 3 is 1.57 bits per heavy atom. The molecule has 0 radical (unpaired) electrons. The molecule has 42 heavy (non-hydrogen) atoms. The van der Waals surface area contributed by atoms with Crippen LogP contribution in [0, 0.1) is 0 Å². The minimum atomic E-state index is 0.194. The molecule has 6 heteroatoms. The van der Waals surface area contributed by atoms with Crippen molar-refractivity contribution in [1.29, 1.82) is 0 Å². The first-order valence-electron chi connectivity index (χ1n) is 14.7. The van der Waals surface area contributed by atoms with Crippen molar-refractivity contribution in [3.05, 3.63) is 100 Å². The molecule has 0 fully saturated rings. The number of pyridine rings is 1. The summed E-state index contributed by atoms with van der Waals surface area (Å²) >= 11 is 0.194. The molecule has 3 aromatic rings. The summed E-state index contributed by atoms with van der Waals surface area (Å²) in [5.74, 6) is 1.52. The Kier molecular flexibility index (Phi) is 14.7. The fourth-order valence-electron chi connectivity index (χ4n) is 5.16. The van der Waals surface area contributed by atoms with Crippen LogP contribution in [0.2, 0.25) is 0 Å². The third-order valence-electron chi connectivity index (χ3n) is 7.29. The van der Waals surface area contributed by atoms with Gasteiger partial charge in [-0.2, -0.15) is 0 Å². The number of rotatable bonds is 10. The number of hydrogen-bond acceptors (Lipinski definition) is 3. The molecule has 1 aromatic heterocycles. The number of hydrogen-bond donors (Lipinski definition) is 0. The Hall–Kier alpha value is -2.23. The summed E-state index contributed by atoms with van der Waals surface area (Å²) in [6, 6.07) is 17.2. The van der Waals surface area contributed by atoms with Gasteiger partial charge < -0.3 is 0 Å². The molecule has 0 aliphatic heterocycles. The number of nitrogens with zero attached hydrogens (tertiary/aromatic N) is 3. The molecule has 0 N–H and O–H groups in total. The van der Waals surface area contributed by atoms with Crippen LogP contribution in [0.4, 0.5) is 11.4 Å². The van der Waals surface area contributed by atoms with E-state index >= 15 is 0 Å². The van der Waals surface area contributed by atoms with Gasteiger partial charge in [0.1, 0.15) is 0 Å². The second kappa shape index (κ2) is 17.2. The summed E-state index contributed by atoms with van der Waals surface area (Å²) < 4.78 is 0. The van der Waals surface area contributed by atoms with E-state index in [9.17, 15) is 0 Å². The van der Waals surface area contributed by atoms with Gasteiger partial charge >= 0.3 is 33.3 Å². The van der Waals surface area contributed by atoms with Crippen molar-refractivity contribution >= 4 is 43.0 Å². The Balaban J connectivity index is 0.00000197. The maximum atomic E-state index is 5.25. The fourth-order valence-corrected chi connectivity index (χ4v) is 5.16.